The standard InChI is InChI=1S/C15H29N3/c1-5-10-16-14(13(3)4)8-7-9-15-17-11-12-18(15)6-2/h11-14,16H,5-10H2,1-4H3. The van der Waals surface area contributed by atoms with Gasteiger partial charge < -0.3 is 9.88 Å². The van der Waals surface area contributed by atoms with Crippen LogP contribution in [0.15, 0.2) is 12.4 Å². The van der Waals surface area contributed by atoms with Crippen molar-refractivity contribution in [3.8, 4) is 0 Å². The Morgan fingerprint density at radius 3 is 2.72 bits per heavy atom. The molecule has 3 nitrogen and oxygen atoms in total. The molecule has 3 heteroatoms. The fourth-order valence-corrected chi connectivity index (χ4v) is 2.34. The fraction of sp³-hybridized carbons (Fsp3) is 0.800. The maximum atomic E-state index is 4.43. The van der Waals surface area contributed by atoms with Gasteiger partial charge in [0.15, 0.2) is 0 Å². The summed E-state index contributed by atoms with van der Waals surface area (Å²) in [6.45, 7) is 11.2. The minimum atomic E-state index is 0.648. The Balaban J connectivity index is 2.34. The molecule has 0 aromatic carbocycles. The highest BCUT2D eigenvalue weighted by atomic mass is 15.0. The van der Waals surface area contributed by atoms with Gasteiger partial charge in [-0.05, 0) is 38.6 Å². The molecule has 0 aliphatic heterocycles. The molecular formula is C15H29N3. The van der Waals surface area contributed by atoms with Crippen LogP contribution in [0.1, 0.15) is 52.8 Å². The molecule has 104 valence electrons. The SMILES string of the molecule is CCCNC(CCCc1nccn1CC)C(C)C. The highest BCUT2D eigenvalue weighted by Crippen LogP contribution is 2.11. The topological polar surface area (TPSA) is 29.9 Å². The van der Waals surface area contributed by atoms with Crippen LogP contribution < -0.4 is 5.32 Å². The molecule has 0 amide bonds. The molecule has 0 aliphatic rings. The van der Waals surface area contributed by atoms with Crippen molar-refractivity contribution in [2.45, 2.75) is 66.0 Å². The van der Waals surface area contributed by atoms with Crippen LogP contribution in [0.4, 0.5) is 0 Å². The van der Waals surface area contributed by atoms with Gasteiger partial charge in [-0.2, -0.15) is 0 Å². The lowest BCUT2D eigenvalue weighted by atomic mass is 9.98. The van der Waals surface area contributed by atoms with Crippen LogP contribution >= 0.6 is 0 Å². The summed E-state index contributed by atoms with van der Waals surface area (Å²) in [4.78, 5) is 4.43. The smallest absolute Gasteiger partial charge is 0.108 e. The molecule has 18 heavy (non-hydrogen) atoms. The third-order valence-corrected chi connectivity index (χ3v) is 3.52. The van der Waals surface area contributed by atoms with E-state index in [2.05, 4.69) is 48.8 Å². The molecule has 1 unspecified atom stereocenters. The lowest BCUT2D eigenvalue weighted by Crippen LogP contribution is -2.34. The second kappa shape index (κ2) is 8.30. The van der Waals surface area contributed by atoms with E-state index in [0.717, 1.165) is 19.5 Å². The Hall–Kier alpha value is -0.830. The molecule has 1 aromatic heterocycles. The molecule has 0 spiro atoms. The van der Waals surface area contributed by atoms with Crippen molar-refractivity contribution < 1.29 is 0 Å². The van der Waals surface area contributed by atoms with Gasteiger partial charge in [0, 0.05) is 31.4 Å². The number of nitrogens with one attached hydrogen (secondary N) is 1. The first-order valence-corrected chi connectivity index (χ1v) is 7.42. The molecule has 1 N–H and O–H groups in total. The van der Waals surface area contributed by atoms with Crippen molar-refractivity contribution in [2.75, 3.05) is 6.54 Å². The van der Waals surface area contributed by atoms with E-state index >= 15 is 0 Å². The summed E-state index contributed by atoms with van der Waals surface area (Å²) < 4.78 is 2.24. The van der Waals surface area contributed by atoms with E-state index in [1.807, 2.05) is 6.20 Å². The summed E-state index contributed by atoms with van der Waals surface area (Å²) >= 11 is 0. The maximum Gasteiger partial charge on any atom is 0.108 e. The second-order valence-electron chi connectivity index (χ2n) is 5.33. The summed E-state index contributed by atoms with van der Waals surface area (Å²) in [5.41, 5.74) is 0. The number of aromatic nitrogens is 2. The first-order valence-electron chi connectivity index (χ1n) is 7.42. The van der Waals surface area contributed by atoms with Crippen molar-refractivity contribution >= 4 is 0 Å². The summed E-state index contributed by atoms with van der Waals surface area (Å²) in [5, 5.41) is 3.65. The zero-order valence-electron chi connectivity index (χ0n) is 12.4. The van der Waals surface area contributed by atoms with E-state index in [9.17, 15) is 0 Å². The van der Waals surface area contributed by atoms with Crippen LogP contribution in [-0.4, -0.2) is 22.1 Å². The van der Waals surface area contributed by atoms with Gasteiger partial charge in [-0.15, -0.1) is 0 Å². The van der Waals surface area contributed by atoms with E-state index < -0.39 is 0 Å². The predicted molar refractivity (Wildman–Crippen MR) is 77.8 cm³/mol. The van der Waals surface area contributed by atoms with Crippen molar-refractivity contribution in [1.29, 1.82) is 0 Å². The van der Waals surface area contributed by atoms with Gasteiger partial charge in [0.2, 0.25) is 0 Å². The summed E-state index contributed by atoms with van der Waals surface area (Å²) in [6, 6.07) is 0.648. The summed E-state index contributed by atoms with van der Waals surface area (Å²) in [5.74, 6) is 1.94. The summed E-state index contributed by atoms with van der Waals surface area (Å²) in [7, 11) is 0. The third-order valence-electron chi connectivity index (χ3n) is 3.52. The normalized spacial score (nSPS) is 13.2. The fourth-order valence-electron chi connectivity index (χ4n) is 2.34. The Kier molecular flexibility index (Phi) is 7.02. The van der Waals surface area contributed by atoms with Gasteiger partial charge in [0.05, 0.1) is 0 Å². The molecule has 1 atom stereocenters. The average molecular weight is 251 g/mol. The van der Waals surface area contributed by atoms with E-state index in [0.29, 0.717) is 12.0 Å². The van der Waals surface area contributed by atoms with Crippen LogP contribution in [0, 0.1) is 5.92 Å². The highest BCUT2D eigenvalue weighted by molar-refractivity contribution is 4.92. The largest absolute Gasteiger partial charge is 0.335 e. The number of hydrogen-bond acceptors (Lipinski definition) is 2. The lowest BCUT2D eigenvalue weighted by molar-refractivity contribution is 0.369. The molecule has 1 rings (SSSR count). The second-order valence-corrected chi connectivity index (χ2v) is 5.33. The van der Waals surface area contributed by atoms with Gasteiger partial charge >= 0.3 is 0 Å². The van der Waals surface area contributed by atoms with Crippen molar-refractivity contribution in [3.05, 3.63) is 18.2 Å². The molecule has 0 fully saturated rings. The number of hydrogen-bond donors (Lipinski definition) is 1. The Labute approximate surface area is 112 Å². The maximum absolute atomic E-state index is 4.43. The van der Waals surface area contributed by atoms with E-state index in [4.69, 9.17) is 0 Å². The Morgan fingerprint density at radius 2 is 2.11 bits per heavy atom. The molecule has 0 radical (unpaired) electrons. The average Bonchev–Trinajstić information content (AvgIpc) is 2.80. The van der Waals surface area contributed by atoms with E-state index in [1.54, 1.807) is 0 Å². The van der Waals surface area contributed by atoms with E-state index in [1.165, 1.54) is 25.1 Å². The zero-order valence-corrected chi connectivity index (χ0v) is 12.4. The number of aryl methyl sites for hydroxylation is 2. The molecule has 0 bridgehead atoms. The predicted octanol–water partition coefficient (Wildman–Crippen LogP) is 3.25. The third kappa shape index (κ3) is 4.81. The first-order chi connectivity index (χ1) is 8.69. The Bertz CT molecular complexity index is 317. The quantitative estimate of drug-likeness (QED) is 0.730. The van der Waals surface area contributed by atoms with E-state index in [-0.39, 0.29) is 0 Å². The van der Waals surface area contributed by atoms with Gasteiger partial charge in [-0.1, -0.05) is 20.8 Å². The van der Waals surface area contributed by atoms with Crippen molar-refractivity contribution in [1.82, 2.24) is 14.9 Å². The number of imidazole rings is 1. The van der Waals surface area contributed by atoms with Gasteiger partial charge in [-0.3, -0.25) is 0 Å². The van der Waals surface area contributed by atoms with Crippen molar-refractivity contribution in [3.63, 3.8) is 0 Å². The first kappa shape index (κ1) is 15.2. The molecular weight excluding hydrogens is 222 g/mol. The minimum absolute atomic E-state index is 0.648. The van der Waals surface area contributed by atoms with Crippen molar-refractivity contribution in [2.24, 2.45) is 5.92 Å². The molecule has 0 saturated heterocycles. The summed E-state index contributed by atoms with van der Waals surface area (Å²) in [6.07, 6.45) is 8.75. The van der Waals surface area contributed by atoms with Gasteiger partial charge in [0.25, 0.3) is 0 Å². The Morgan fingerprint density at radius 1 is 1.33 bits per heavy atom. The van der Waals surface area contributed by atoms with Crippen LogP contribution in [0.3, 0.4) is 0 Å². The molecule has 0 aliphatic carbocycles. The molecule has 0 saturated carbocycles. The highest BCUT2D eigenvalue weighted by Gasteiger charge is 2.12. The van der Waals surface area contributed by atoms with Crippen LogP contribution in [0.25, 0.3) is 0 Å². The zero-order chi connectivity index (χ0) is 13.4. The van der Waals surface area contributed by atoms with Crippen LogP contribution in [0.2, 0.25) is 0 Å². The number of nitrogens with zero attached hydrogens (tertiary/aromatic N) is 2. The van der Waals surface area contributed by atoms with Crippen LogP contribution in [-0.2, 0) is 13.0 Å². The monoisotopic (exact) mass is 251 g/mol. The lowest BCUT2D eigenvalue weighted by Gasteiger charge is -2.22. The number of rotatable bonds is 9. The minimum Gasteiger partial charge on any atom is -0.335 e. The molecule has 1 heterocycles. The molecule has 1 aromatic rings. The van der Waals surface area contributed by atoms with Gasteiger partial charge in [-0.25, -0.2) is 4.98 Å². The van der Waals surface area contributed by atoms with Gasteiger partial charge in [0.1, 0.15) is 5.82 Å². The van der Waals surface area contributed by atoms with Crippen LogP contribution in [0.5, 0.6) is 0 Å².